The van der Waals surface area contributed by atoms with Crippen LogP contribution in [0.15, 0.2) is 17.1 Å². The van der Waals surface area contributed by atoms with Gasteiger partial charge >= 0.3 is 0 Å². The fraction of sp³-hybridized carbons (Fsp3) is 0.529. The Hall–Kier alpha value is -1.09. The minimum absolute atomic E-state index is 0. The molecule has 2 N–H and O–H groups in total. The molecule has 0 saturated carbocycles. The van der Waals surface area contributed by atoms with Crippen LogP contribution in [0.3, 0.4) is 0 Å². The molecular weight excluding hydrogens is 433 g/mol. The number of aliphatic imine (C=N–C) groups is 1. The van der Waals surface area contributed by atoms with E-state index in [0.717, 1.165) is 24.6 Å². The number of halogens is 1. The summed E-state index contributed by atoms with van der Waals surface area (Å²) in [5, 5.41) is 11.3. The highest BCUT2D eigenvalue weighted by molar-refractivity contribution is 14.0. The lowest BCUT2D eigenvalue weighted by Crippen LogP contribution is -2.42. The highest BCUT2D eigenvalue weighted by atomic mass is 127. The zero-order valence-electron chi connectivity index (χ0n) is 15.3. The summed E-state index contributed by atoms with van der Waals surface area (Å²) in [6.07, 6.45) is 1.00. The predicted octanol–water partition coefficient (Wildman–Crippen LogP) is 3.32. The van der Waals surface area contributed by atoms with E-state index in [1.165, 1.54) is 21.0 Å². The van der Waals surface area contributed by atoms with Gasteiger partial charge in [0.1, 0.15) is 0 Å². The lowest BCUT2D eigenvalue weighted by molar-refractivity contribution is 0.644. The Kier molecular flexibility index (Phi) is 8.21. The number of rotatable bonds is 5. The number of nitrogens with one attached hydrogen (secondary N) is 2. The first-order valence-electron chi connectivity index (χ1n) is 7.92. The van der Waals surface area contributed by atoms with Gasteiger partial charge in [0.15, 0.2) is 5.96 Å². The van der Waals surface area contributed by atoms with Gasteiger partial charge in [-0.3, -0.25) is 9.67 Å². The van der Waals surface area contributed by atoms with E-state index in [9.17, 15) is 0 Å². The average Bonchev–Trinajstić information content (AvgIpc) is 3.00. The molecule has 0 aliphatic carbocycles. The normalized spacial score (nSPS) is 12.7. The maximum atomic E-state index is 4.45. The molecule has 0 bridgehead atoms. The minimum atomic E-state index is 0. The zero-order valence-corrected chi connectivity index (χ0v) is 18.5. The van der Waals surface area contributed by atoms with Crippen molar-refractivity contribution < 1.29 is 0 Å². The Morgan fingerprint density at radius 1 is 1.33 bits per heavy atom. The number of thiophene rings is 1. The van der Waals surface area contributed by atoms with E-state index in [2.05, 4.69) is 53.6 Å². The number of nitrogens with zero attached hydrogens (tertiary/aromatic N) is 3. The Balaban J connectivity index is 0.00000288. The summed E-state index contributed by atoms with van der Waals surface area (Å²) in [5.41, 5.74) is 3.49. The highest BCUT2D eigenvalue weighted by Gasteiger charge is 2.11. The van der Waals surface area contributed by atoms with Gasteiger partial charge in [-0.05, 0) is 39.8 Å². The summed E-state index contributed by atoms with van der Waals surface area (Å²) in [4.78, 5) is 7.09. The van der Waals surface area contributed by atoms with Crippen LogP contribution in [0.5, 0.6) is 0 Å². The van der Waals surface area contributed by atoms with Gasteiger partial charge < -0.3 is 10.6 Å². The third-order valence-corrected chi connectivity index (χ3v) is 5.02. The molecule has 0 radical (unpaired) electrons. The van der Waals surface area contributed by atoms with Crippen LogP contribution in [-0.2, 0) is 20.0 Å². The van der Waals surface area contributed by atoms with Gasteiger partial charge in [0.25, 0.3) is 0 Å². The first-order chi connectivity index (χ1) is 10.9. The lowest BCUT2D eigenvalue weighted by Gasteiger charge is -2.17. The topological polar surface area (TPSA) is 54.2 Å². The van der Waals surface area contributed by atoms with E-state index in [1.54, 1.807) is 7.05 Å². The molecule has 2 heterocycles. The molecule has 0 fully saturated rings. The van der Waals surface area contributed by atoms with Crippen molar-refractivity contribution in [3.63, 3.8) is 0 Å². The Bertz CT molecular complexity index is 689. The van der Waals surface area contributed by atoms with E-state index < -0.39 is 0 Å². The molecule has 7 heteroatoms. The van der Waals surface area contributed by atoms with Gasteiger partial charge in [0, 0.05) is 54.1 Å². The van der Waals surface area contributed by atoms with Gasteiger partial charge in [-0.2, -0.15) is 5.10 Å². The minimum Gasteiger partial charge on any atom is -0.354 e. The maximum absolute atomic E-state index is 4.45. The Labute approximate surface area is 166 Å². The van der Waals surface area contributed by atoms with E-state index in [-0.39, 0.29) is 24.0 Å². The van der Waals surface area contributed by atoms with Crippen LogP contribution in [0.1, 0.15) is 33.6 Å². The zero-order chi connectivity index (χ0) is 17.0. The molecule has 2 aromatic rings. The quantitative estimate of drug-likeness (QED) is 0.408. The first-order valence-corrected chi connectivity index (χ1v) is 8.74. The van der Waals surface area contributed by atoms with Crippen molar-refractivity contribution >= 4 is 41.3 Å². The molecular formula is C17H28IN5S. The van der Waals surface area contributed by atoms with Crippen LogP contribution < -0.4 is 10.6 Å². The Morgan fingerprint density at radius 2 is 2.04 bits per heavy atom. The molecule has 2 aromatic heterocycles. The summed E-state index contributed by atoms with van der Waals surface area (Å²) in [7, 11) is 3.78. The standard InChI is InChI=1S/C17H27N5S.HI/c1-11(9-15-8-7-12(2)23-15)20-17(18-5)19-10-16-13(3)21-22(6)14(16)4;/h7-8,11H,9-10H2,1-6H3,(H2,18,19,20);1H. The lowest BCUT2D eigenvalue weighted by atomic mass is 10.2. The van der Waals surface area contributed by atoms with Gasteiger partial charge in [-0.25, -0.2) is 0 Å². The second-order valence-corrected chi connectivity index (χ2v) is 7.33. The molecule has 0 spiro atoms. The summed E-state index contributed by atoms with van der Waals surface area (Å²) in [6, 6.07) is 4.71. The van der Waals surface area contributed by atoms with Crippen LogP contribution in [0, 0.1) is 20.8 Å². The van der Waals surface area contributed by atoms with Crippen molar-refractivity contribution in [1.29, 1.82) is 0 Å². The van der Waals surface area contributed by atoms with Crippen LogP contribution in [0.4, 0.5) is 0 Å². The molecule has 134 valence electrons. The fourth-order valence-corrected chi connectivity index (χ4v) is 3.64. The molecule has 1 atom stereocenters. The SMILES string of the molecule is CN=C(NCc1c(C)nn(C)c1C)NC(C)Cc1ccc(C)s1.I. The van der Waals surface area contributed by atoms with Crippen LogP contribution in [0.25, 0.3) is 0 Å². The summed E-state index contributed by atoms with van der Waals surface area (Å²) >= 11 is 1.86. The molecule has 1 unspecified atom stereocenters. The molecule has 0 aliphatic rings. The largest absolute Gasteiger partial charge is 0.354 e. The van der Waals surface area contributed by atoms with Gasteiger partial charge in [0.2, 0.25) is 0 Å². The molecule has 0 saturated heterocycles. The number of hydrogen-bond donors (Lipinski definition) is 2. The Morgan fingerprint density at radius 3 is 2.54 bits per heavy atom. The van der Waals surface area contributed by atoms with Gasteiger partial charge in [-0.1, -0.05) is 0 Å². The third kappa shape index (κ3) is 5.47. The maximum Gasteiger partial charge on any atom is 0.191 e. The van der Waals surface area contributed by atoms with E-state index in [4.69, 9.17) is 0 Å². The highest BCUT2D eigenvalue weighted by Crippen LogP contribution is 2.16. The van der Waals surface area contributed by atoms with E-state index in [1.807, 2.05) is 30.0 Å². The van der Waals surface area contributed by atoms with Crippen molar-refractivity contribution in [3.8, 4) is 0 Å². The van der Waals surface area contributed by atoms with Crippen molar-refractivity contribution in [2.24, 2.45) is 12.0 Å². The second-order valence-electron chi connectivity index (χ2n) is 5.96. The smallest absolute Gasteiger partial charge is 0.191 e. The van der Waals surface area contributed by atoms with Crippen molar-refractivity contribution in [3.05, 3.63) is 38.8 Å². The third-order valence-electron chi connectivity index (χ3n) is 4.00. The number of aromatic nitrogens is 2. The van der Waals surface area contributed by atoms with Crippen molar-refractivity contribution in [2.75, 3.05) is 7.05 Å². The molecule has 0 aliphatic heterocycles. The molecule has 2 rings (SSSR count). The molecule has 5 nitrogen and oxygen atoms in total. The fourth-order valence-electron chi connectivity index (χ4n) is 2.62. The van der Waals surface area contributed by atoms with E-state index in [0.29, 0.717) is 6.04 Å². The number of guanidine groups is 1. The van der Waals surface area contributed by atoms with Gasteiger partial charge in [0.05, 0.1) is 5.69 Å². The van der Waals surface area contributed by atoms with Crippen molar-refractivity contribution in [2.45, 2.75) is 46.7 Å². The molecule has 24 heavy (non-hydrogen) atoms. The summed E-state index contributed by atoms with van der Waals surface area (Å²) in [5.74, 6) is 0.827. The number of aryl methyl sites for hydroxylation is 3. The predicted molar refractivity (Wildman–Crippen MR) is 114 cm³/mol. The molecule has 0 amide bonds. The van der Waals surface area contributed by atoms with Crippen LogP contribution in [0.2, 0.25) is 0 Å². The van der Waals surface area contributed by atoms with E-state index >= 15 is 0 Å². The van der Waals surface area contributed by atoms with Crippen molar-refractivity contribution in [1.82, 2.24) is 20.4 Å². The van der Waals surface area contributed by atoms with Crippen LogP contribution in [-0.4, -0.2) is 28.8 Å². The first kappa shape index (κ1) is 21.0. The second kappa shape index (κ2) is 9.41. The monoisotopic (exact) mass is 461 g/mol. The molecule has 0 aromatic carbocycles. The average molecular weight is 461 g/mol. The van der Waals surface area contributed by atoms with Crippen LogP contribution >= 0.6 is 35.3 Å². The summed E-state index contributed by atoms with van der Waals surface area (Å²) in [6.45, 7) is 9.20. The van der Waals surface area contributed by atoms with Gasteiger partial charge in [-0.15, -0.1) is 35.3 Å². The number of hydrogen-bond acceptors (Lipinski definition) is 3. The summed E-state index contributed by atoms with van der Waals surface area (Å²) < 4.78 is 1.92.